The molecule has 6 nitrogen and oxygen atoms in total. The molecule has 13 heteroatoms. The van der Waals surface area contributed by atoms with Crippen LogP contribution in [0.5, 0.6) is 0 Å². The molecule has 0 saturated carbocycles. The van der Waals surface area contributed by atoms with Gasteiger partial charge in [-0.25, -0.2) is 0 Å². The largest absolute Gasteiger partial charge is 0.465 e. The molecular weight excluding hydrogens is 369 g/mol. The molecule has 0 aromatic rings. The molecular formula is C12H15F7N2O4. The van der Waals surface area contributed by atoms with Crippen LogP contribution in [0.1, 0.15) is 6.92 Å². The topological polar surface area (TPSA) is 66.9 Å². The van der Waals surface area contributed by atoms with Crippen molar-refractivity contribution in [3.63, 3.8) is 0 Å². The molecule has 0 aliphatic carbocycles. The maximum Gasteiger partial charge on any atom is 0.460 e. The Hall–Kier alpha value is -2.08. The number of halogens is 7. The summed E-state index contributed by atoms with van der Waals surface area (Å²) in [6.45, 7) is -0.435. The molecule has 0 bridgehead atoms. The molecule has 0 aromatic heterocycles. The van der Waals surface area contributed by atoms with Crippen molar-refractivity contribution in [2.24, 2.45) is 0 Å². The number of alkyl halides is 7. The van der Waals surface area contributed by atoms with Crippen LogP contribution in [-0.2, 0) is 19.1 Å². The number of nitrogens with zero attached hydrogens (tertiary/aromatic N) is 2. The van der Waals surface area contributed by atoms with E-state index in [1.54, 1.807) is 0 Å². The minimum atomic E-state index is -6.67. The number of hydrogen-bond donors (Lipinski definition) is 0. The smallest absolute Gasteiger partial charge is 0.460 e. The van der Waals surface area contributed by atoms with E-state index in [4.69, 9.17) is 0 Å². The first-order valence-electron chi connectivity index (χ1n) is 6.57. The summed E-state index contributed by atoms with van der Waals surface area (Å²) in [5, 5.41) is 0. The molecule has 25 heavy (non-hydrogen) atoms. The fourth-order valence-corrected chi connectivity index (χ4v) is 1.44. The van der Waals surface area contributed by atoms with E-state index < -0.39 is 48.9 Å². The minimum absolute atomic E-state index is 0.0159. The lowest BCUT2D eigenvalue weighted by Gasteiger charge is -2.30. The van der Waals surface area contributed by atoms with E-state index in [2.05, 4.69) is 4.74 Å². The third kappa shape index (κ3) is 5.19. The molecule has 0 N–H and O–H groups in total. The van der Waals surface area contributed by atoms with E-state index in [9.17, 15) is 45.1 Å². The molecule has 0 saturated heterocycles. The zero-order valence-corrected chi connectivity index (χ0v) is 13.3. The second-order valence-electron chi connectivity index (χ2n) is 4.86. The molecule has 0 heterocycles. The van der Waals surface area contributed by atoms with Crippen molar-refractivity contribution in [2.75, 3.05) is 33.8 Å². The van der Waals surface area contributed by atoms with Gasteiger partial charge in [0.05, 0.1) is 13.2 Å². The third-order valence-electron chi connectivity index (χ3n) is 2.84. The van der Waals surface area contributed by atoms with Crippen molar-refractivity contribution >= 4 is 17.8 Å². The van der Waals surface area contributed by atoms with Crippen molar-refractivity contribution in [3.8, 4) is 0 Å². The lowest BCUT2D eigenvalue weighted by Crippen LogP contribution is -2.60. The zero-order chi connectivity index (χ0) is 20.2. The number of likely N-dealkylation sites (N-methyl/N-ethyl adjacent to an activating group) is 2. The SMILES string of the molecule is CCOC(=O)CN(C)C(=O)CN(C)C(=O)C(F)(F)C(F)(F)C(F)(F)F. The maximum absolute atomic E-state index is 13.2. The van der Waals surface area contributed by atoms with E-state index >= 15 is 0 Å². The van der Waals surface area contributed by atoms with Gasteiger partial charge in [-0.3, -0.25) is 14.4 Å². The van der Waals surface area contributed by atoms with Crippen LogP contribution < -0.4 is 0 Å². The summed E-state index contributed by atoms with van der Waals surface area (Å²) >= 11 is 0. The van der Waals surface area contributed by atoms with Crippen LogP contribution in [-0.4, -0.2) is 79.4 Å². The number of rotatable bonds is 7. The molecule has 0 rings (SSSR count). The molecule has 0 radical (unpaired) electrons. The zero-order valence-electron chi connectivity index (χ0n) is 13.3. The van der Waals surface area contributed by atoms with Gasteiger partial charge in [0.1, 0.15) is 6.54 Å². The Balaban J connectivity index is 5.06. The Bertz CT molecular complexity index is 522. The summed E-state index contributed by atoms with van der Waals surface area (Å²) in [4.78, 5) is 34.4. The van der Waals surface area contributed by atoms with Gasteiger partial charge in [0.25, 0.3) is 5.91 Å². The van der Waals surface area contributed by atoms with Crippen LogP contribution in [0.15, 0.2) is 0 Å². The summed E-state index contributed by atoms with van der Waals surface area (Å²) in [6, 6.07) is 0. The highest BCUT2D eigenvalue weighted by molar-refractivity contribution is 5.90. The van der Waals surface area contributed by atoms with Gasteiger partial charge in [-0.1, -0.05) is 0 Å². The molecule has 0 aliphatic rings. The van der Waals surface area contributed by atoms with Gasteiger partial charge >= 0.3 is 24.0 Å². The molecule has 0 unspecified atom stereocenters. The van der Waals surface area contributed by atoms with Crippen molar-refractivity contribution in [1.82, 2.24) is 9.80 Å². The second kappa shape index (κ2) is 7.87. The van der Waals surface area contributed by atoms with Crippen molar-refractivity contribution < 1.29 is 49.9 Å². The third-order valence-corrected chi connectivity index (χ3v) is 2.84. The first-order chi connectivity index (χ1) is 11.1. The molecule has 0 atom stereocenters. The average Bonchev–Trinajstić information content (AvgIpc) is 2.44. The molecule has 0 fully saturated rings. The van der Waals surface area contributed by atoms with Crippen molar-refractivity contribution in [2.45, 2.75) is 24.9 Å². The van der Waals surface area contributed by atoms with Crippen LogP contribution in [0.25, 0.3) is 0 Å². The first-order valence-corrected chi connectivity index (χ1v) is 6.57. The second-order valence-corrected chi connectivity index (χ2v) is 4.86. The summed E-state index contributed by atoms with van der Waals surface area (Å²) in [7, 11) is 1.46. The quantitative estimate of drug-likeness (QED) is 0.490. The van der Waals surface area contributed by atoms with Crippen LogP contribution >= 0.6 is 0 Å². The monoisotopic (exact) mass is 384 g/mol. The first kappa shape index (κ1) is 22.9. The number of carbonyl (C=O) groups excluding carboxylic acids is 3. The van der Waals surface area contributed by atoms with Crippen LogP contribution in [0, 0.1) is 0 Å². The fourth-order valence-electron chi connectivity index (χ4n) is 1.44. The Labute approximate surface area is 137 Å². The molecule has 0 aromatic carbocycles. The number of ether oxygens (including phenoxy) is 1. The van der Waals surface area contributed by atoms with Gasteiger partial charge in [-0.05, 0) is 6.92 Å². The number of carbonyl (C=O) groups is 3. The van der Waals surface area contributed by atoms with Gasteiger partial charge in [0.2, 0.25) is 5.91 Å². The van der Waals surface area contributed by atoms with E-state index in [1.165, 1.54) is 6.92 Å². The Morgan fingerprint density at radius 1 is 0.880 bits per heavy atom. The van der Waals surface area contributed by atoms with Crippen LogP contribution in [0.3, 0.4) is 0 Å². The molecule has 146 valence electrons. The number of hydrogen-bond acceptors (Lipinski definition) is 4. The number of amides is 2. The summed E-state index contributed by atoms with van der Waals surface area (Å²) in [5.74, 6) is -17.7. The Morgan fingerprint density at radius 2 is 1.36 bits per heavy atom. The van der Waals surface area contributed by atoms with Crippen molar-refractivity contribution in [3.05, 3.63) is 0 Å². The van der Waals surface area contributed by atoms with E-state index in [-0.39, 0.29) is 11.5 Å². The van der Waals surface area contributed by atoms with E-state index in [1.807, 2.05) is 0 Å². The van der Waals surface area contributed by atoms with Crippen LogP contribution in [0.4, 0.5) is 30.7 Å². The molecule has 0 spiro atoms. The lowest BCUT2D eigenvalue weighted by molar-refractivity contribution is -0.345. The summed E-state index contributed by atoms with van der Waals surface area (Å²) in [5.41, 5.74) is 0. The number of esters is 1. The highest BCUT2D eigenvalue weighted by Gasteiger charge is 2.76. The van der Waals surface area contributed by atoms with E-state index in [0.717, 1.165) is 7.05 Å². The Morgan fingerprint density at radius 3 is 1.76 bits per heavy atom. The van der Waals surface area contributed by atoms with Gasteiger partial charge in [0, 0.05) is 14.1 Å². The van der Waals surface area contributed by atoms with Crippen molar-refractivity contribution in [1.29, 1.82) is 0 Å². The van der Waals surface area contributed by atoms with Gasteiger partial charge in [0.15, 0.2) is 0 Å². The van der Waals surface area contributed by atoms with E-state index in [0.29, 0.717) is 11.9 Å². The lowest BCUT2D eigenvalue weighted by atomic mass is 10.1. The van der Waals surface area contributed by atoms with Gasteiger partial charge in [-0.2, -0.15) is 30.7 Å². The highest BCUT2D eigenvalue weighted by atomic mass is 19.4. The predicted molar refractivity (Wildman–Crippen MR) is 67.9 cm³/mol. The standard InChI is InChI=1S/C12H15F7N2O4/c1-4-25-8(23)6-20(2)7(22)5-21(3)9(24)10(13,14)11(15,16)12(17,18)19/h4-6H2,1-3H3. The van der Waals surface area contributed by atoms with Crippen LogP contribution in [0.2, 0.25) is 0 Å². The maximum atomic E-state index is 13.2. The average molecular weight is 384 g/mol. The minimum Gasteiger partial charge on any atom is -0.465 e. The summed E-state index contributed by atoms with van der Waals surface area (Å²) in [6.07, 6.45) is -6.67. The normalized spacial score (nSPS) is 12.6. The predicted octanol–water partition coefficient (Wildman–Crippen LogP) is 1.30. The fraction of sp³-hybridized carbons (Fsp3) is 0.750. The van der Waals surface area contributed by atoms with Gasteiger partial charge in [-0.15, -0.1) is 0 Å². The van der Waals surface area contributed by atoms with Gasteiger partial charge < -0.3 is 14.5 Å². The molecule has 2 amide bonds. The summed E-state index contributed by atoms with van der Waals surface area (Å²) < 4.78 is 92.7. The highest BCUT2D eigenvalue weighted by Crippen LogP contribution is 2.47. The molecule has 0 aliphatic heterocycles. The Kier molecular flexibility index (Phi) is 7.21.